The van der Waals surface area contributed by atoms with Gasteiger partial charge in [0.1, 0.15) is 17.1 Å². The van der Waals surface area contributed by atoms with E-state index in [-0.39, 0.29) is 0 Å². The van der Waals surface area contributed by atoms with Gasteiger partial charge in [0, 0.05) is 17.0 Å². The minimum atomic E-state index is -0.856. The lowest BCUT2D eigenvalue weighted by molar-refractivity contribution is 0.0951. The van der Waals surface area contributed by atoms with Crippen LogP contribution in [0.4, 0.5) is 0 Å². The van der Waals surface area contributed by atoms with Gasteiger partial charge in [-0.05, 0) is 18.2 Å². The predicted octanol–water partition coefficient (Wildman–Crippen LogP) is 2.02. The first-order chi connectivity index (χ1) is 14.0. The van der Waals surface area contributed by atoms with E-state index < -0.39 is 22.8 Å². The number of hydrogen-bond donors (Lipinski definition) is 3. The number of para-hydroxylation sites is 1. The number of aromatic hydroxyl groups is 1. The number of benzene rings is 2. The third-order valence-corrected chi connectivity index (χ3v) is 4.23. The summed E-state index contributed by atoms with van der Waals surface area (Å²) in [6.45, 7) is 0. The van der Waals surface area contributed by atoms with Crippen LogP contribution in [0, 0.1) is 0 Å². The van der Waals surface area contributed by atoms with Crippen LogP contribution in [-0.4, -0.2) is 43.5 Å². The second kappa shape index (κ2) is 8.34. The minimum Gasteiger partial charge on any atom is -0.506 e. The molecule has 0 spiro atoms. The highest BCUT2D eigenvalue weighted by atomic mass is 16.5. The Hall–Kier alpha value is -4.01. The summed E-state index contributed by atoms with van der Waals surface area (Å²) in [5.41, 5.74) is 2.00. The van der Waals surface area contributed by atoms with Crippen LogP contribution in [0.25, 0.3) is 10.9 Å². The van der Waals surface area contributed by atoms with Gasteiger partial charge in [-0.15, -0.1) is 0 Å². The normalized spacial score (nSPS) is 10.9. The zero-order valence-corrected chi connectivity index (χ0v) is 16.0. The molecule has 2 aromatic carbocycles. The number of aromatic nitrogens is 1. The fourth-order valence-corrected chi connectivity index (χ4v) is 2.81. The second-order valence-electron chi connectivity index (χ2n) is 5.87. The molecular weight excluding hydrogens is 378 g/mol. The summed E-state index contributed by atoms with van der Waals surface area (Å²) in [6.07, 6.45) is 1.32. The molecule has 29 heavy (non-hydrogen) atoms. The Balaban J connectivity index is 1.89. The van der Waals surface area contributed by atoms with Gasteiger partial charge in [-0.3, -0.25) is 9.59 Å². The van der Waals surface area contributed by atoms with Crippen molar-refractivity contribution in [2.45, 2.75) is 0 Å². The molecule has 0 saturated heterocycles. The number of H-pyrrole nitrogens is 1. The van der Waals surface area contributed by atoms with E-state index in [0.717, 1.165) is 0 Å². The Labute approximate surface area is 165 Å². The predicted molar refractivity (Wildman–Crippen MR) is 107 cm³/mol. The standard InChI is InChI=1S/C20H19N3O6/c1-27-14-9-16(29-3)15(28-2)8-11(14)10-21-23-20(26)17-18(24)12-6-4-5-7-13(12)22-19(17)25/h4-10H,1-3H3,(H,23,26)(H2,22,24,25)/b21-10-. The summed E-state index contributed by atoms with van der Waals surface area (Å²) in [5.74, 6) is 0.0841. The van der Waals surface area contributed by atoms with Crippen molar-refractivity contribution in [3.63, 3.8) is 0 Å². The molecule has 0 radical (unpaired) electrons. The molecule has 3 aromatic rings. The molecule has 0 saturated carbocycles. The van der Waals surface area contributed by atoms with E-state index in [2.05, 4.69) is 15.5 Å². The summed E-state index contributed by atoms with van der Waals surface area (Å²) in [7, 11) is 4.46. The van der Waals surface area contributed by atoms with Crippen molar-refractivity contribution >= 4 is 23.0 Å². The Kier molecular flexibility index (Phi) is 5.68. The van der Waals surface area contributed by atoms with Crippen LogP contribution in [0.1, 0.15) is 15.9 Å². The Morgan fingerprint density at radius 1 is 1.07 bits per heavy atom. The van der Waals surface area contributed by atoms with Gasteiger partial charge in [0.25, 0.3) is 11.5 Å². The average Bonchev–Trinajstić information content (AvgIpc) is 2.73. The SMILES string of the molecule is COc1cc(OC)c(OC)cc1/C=N\NC(=O)c1c(O)c2ccccc2[nH]c1=O. The maximum atomic E-state index is 12.4. The maximum absolute atomic E-state index is 12.4. The second-order valence-corrected chi connectivity index (χ2v) is 5.87. The monoisotopic (exact) mass is 397 g/mol. The summed E-state index contributed by atoms with van der Waals surface area (Å²) in [6, 6.07) is 9.84. The van der Waals surface area contributed by atoms with Crippen LogP contribution in [0.15, 0.2) is 46.3 Å². The molecule has 9 heteroatoms. The van der Waals surface area contributed by atoms with E-state index in [1.165, 1.54) is 27.5 Å². The Morgan fingerprint density at radius 3 is 2.41 bits per heavy atom. The number of hydrazone groups is 1. The average molecular weight is 397 g/mol. The third-order valence-electron chi connectivity index (χ3n) is 4.23. The number of ether oxygens (including phenoxy) is 3. The quantitative estimate of drug-likeness (QED) is 0.432. The summed E-state index contributed by atoms with van der Waals surface area (Å²) < 4.78 is 15.7. The first kappa shape index (κ1) is 19.7. The van der Waals surface area contributed by atoms with Crippen molar-refractivity contribution < 1.29 is 24.1 Å². The van der Waals surface area contributed by atoms with Crippen molar-refractivity contribution in [2.24, 2.45) is 5.10 Å². The van der Waals surface area contributed by atoms with Crippen LogP contribution in [0.3, 0.4) is 0 Å². The topological polar surface area (TPSA) is 122 Å². The molecule has 0 atom stereocenters. The van der Waals surface area contributed by atoms with Gasteiger partial charge in [0.2, 0.25) is 0 Å². The van der Waals surface area contributed by atoms with Crippen molar-refractivity contribution in [3.05, 3.63) is 57.9 Å². The van der Waals surface area contributed by atoms with Crippen LogP contribution in [0.5, 0.6) is 23.0 Å². The van der Waals surface area contributed by atoms with E-state index in [1.807, 2.05) is 0 Å². The van der Waals surface area contributed by atoms with Gasteiger partial charge in [0.15, 0.2) is 11.5 Å². The van der Waals surface area contributed by atoms with Gasteiger partial charge >= 0.3 is 0 Å². The highest BCUT2D eigenvalue weighted by Gasteiger charge is 2.18. The van der Waals surface area contributed by atoms with E-state index in [4.69, 9.17) is 14.2 Å². The number of fused-ring (bicyclic) bond motifs is 1. The van der Waals surface area contributed by atoms with Gasteiger partial charge in [-0.1, -0.05) is 12.1 Å². The smallest absolute Gasteiger partial charge is 0.280 e. The number of rotatable bonds is 6. The van der Waals surface area contributed by atoms with Gasteiger partial charge in [0.05, 0.1) is 33.1 Å². The number of carbonyl (C=O) groups excluding carboxylic acids is 1. The molecule has 0 aliphatic heterocycles. The van der Waals surface area contributed by atoms with Crippen molar-refractivity contribution in [1.82, 2.24) is 10.4 Å². The molecule has 0 unspecified atom stereocenters. The zero-order valence-electron chi connectivity index (χ0n) is 16.0. The van der Waals surface area contributed by atoms with E-state index >= 15 is 0 Å². The molecule has 3 rings (SSSR count). The molecule has 1 heterocycles. The van der Waals surface area contributed by atoms with Gasteiger partial charge in [-0.25, -0.2) is 5.43 Å². The van der Waals surface area contributed by atoms with Crippen molar-refractivity contribution in [3.8, 4) is 23.0 Å². The highest BCUT2D eigenvalue weighted by Crippen LogP contribution is 2.33. The van der Waals surface area contributed by atoms with Gasteiger partial charge in [-0.2, -0.15) is 5.10 Å². The molecule has 3 N–H and O–H groups in total. The van der Waals surface area contributed by atoms with E-state index in [1.54, 1.807) is 36.4 Å². The molecule has 0 aliphatic carbocycles. The maximum Gasteiger partial charge on any atom is 0.280 e. The molecule has 1 aromatic heterocycles. The Morgan fingerprint density at radius 2 is 1.72 bits per heavy atom. The molecule has 0 aliphatic rings. The highest BCUT2D eigenvalue weighted by molar-refractivity contribution is 6.02. The first-order valence-electron chi connectivity index (χ1n) is 8.47. The molecule has 9 nitrogen and oxygen atoms in total. The summed E-state index contributed by atoms with van der Waals surface area (Å²) in [5, 5.41) is 14.5. The number of hydrogen-bond acceptors (Lipinski definition) is 7. The minimum absolute atomic E-state index is 0.350. The lowest BCUT2D eigenvalue weighted by Gasteiger charge is -2.11. The number of pyridine rings is 1. The van der Waals surface area contributed by atoms with Crippen LogP contribution < -0.4 is 25.2 Å². The number of methoxy groups -OCH3 is 3. The Bertz CT molecular complexity index is 1150. The van der Waals surface area contributed by atoms with Crippen LogP contribution in [-0.2, 0) is 0 Å². The summed E-state index contributed by atoms with van der Waals surface area (Å²) >= 11 is 0. The first-order valence-corrected chi connectivity index (χ1v) is 8.47. The fourth-order valence-electron chi connectivity index (χ4n) is 2.81. The van der Waals surface area contributed by atoms with Crippen LogP contribution >= 0.6 is 0 Å². The lowest BCUT2D eigenvalue weighted by atomic mass is 10.1. The third kappa shape index (κ3) is 3.84. The largest absolute Gasteiger partial charge is 0.506 e. The molecule has 1 amide bonds. The number of nitrogens with zero attached hydrogens (tertiary/aromatic N) is 1. The van der Waals surface area contributed by atoms with Crippen molar-refractivity contribution in [1.29, 1.82) is 0 Å². The molecule has 150 valence electrons. The van der Waals surface area contributed by atoms with E-state index in [0.29, 0.717) is 33.7 Å². The number of aromatic amines is 1. The summed E-state index contributed by atoms with van der Waals surface area (Å²) in [4.78, 5) is 27.2. The molecule has 0 fully saturated rings. The number of carbonyl (C=O) groups is 1. The van der Waals surface area contributed by atoms with Crippen LogP contribution in [0.2, 0.25) is 0 Å². The number of nitrogens with one attached hydrogen (secondary N) is 2. The number of amides is 1. The fraction of sp³-hybridized carbons (Fsp3) is 0.150. The van der Waals surface area contributed by atoms with E-state index in [9.17, 15) is 14.7 Å². The molecule has 0 bridgehead atoms. The van der Waals surface area contributed by atoms with Gasteiger partial charge < -0.3 is 24.3 Å². The lowest BCUT2D eigenvalue weighted by Crippen LogP contribution is -2.26. The van der Waals surface area contributed by atoms with Crippen molar-refractivity contribution in [2.75, 3.05) is 21.3 Å². The zero-order chi connectivity index (χ0) is 21.0. The molecular formula is C20H19N3O6.